The summed E-state index contributed by atoms with van der Waals surface area (Å²) in [6.45, 7) is 0.0446. The number of nitrogens with one attached hydrogen (secondary N) is 2. The Hall–Kier alpha value is -2.29. The number of imide groups is 1. The predicted octanol–water partition coefficient (Wildman–Crippen LogP) is 1.50. The zero-order chi connectivity index (χ0) is 17.7. The van der Waals surface area contributed by atoms with Crippen molar-refractivity contribution in [1.29, 1.82) is 0 Å². The van der Waals surface area contributed by atoms with Crippen molar-refractivity contribution >= 4 is 33.8 Å². The third-order valence-electron chi connectivity index (χ3n) is 3.45. The molecule has 1 aliphatic rings. The number of rotatable bonds is 7. The van der Waals surface area contributed by atoms with Crippen LogP contribution in [0, 0.1) is 0 Å². The molecule has 2 rings (SSSR count). The number of ether oxygens (including phenoxy) is 3. The van der Waals surface area contributed by atoms with Gasteiger partial charge in [0.15, 0.2) is 11.5 Å². The Morgan fingerprint density at radius 1 is 1.25 bits per heavy atom. The van der Waals surface area contributed by atoms with E-state index in [2.05, 4.69) is 26.6 Å². The molecular formula is C15H17BrN2O6. The highest BCUT2D eigenvalue weighted by molar-refractivity contribution is 9.10. The van der Waals surface area contributed by atoms with Crippen LogP contribution in [0.25, 0.3) is 0 Å². The number of hydrogen-bond acceptors (Lipinski definition) is 6. The lowest BCUT2D eigenvalue weighted by Gasteiger charge is -2.13. The molecule has 0 bridgehead atoms. The highest BCUT2D eigenvalue weighted by atomic mass is 79.9. The second-order valence-corrected chi connectivity index (χ2v) is 5.78. The normalized spacial score (nSPS) is 16.4. The summed E-state index contributed by atoms with van der Waals surface area (Å²) in [5.41, 5.74) is 0.716. The molecule has 0 aromatic heterocycles. The van der Waals surface area contributed by atoms with Crippen molar-refractivity contribution in [3.63, 3.8) is 0 Å². The first-order chi connectivity index (χ1) is 11.5. The van der Waals surface area contributed by atoms with E-state index in [0.29, 0.717) is 21.5 Å². The molecule has 1 atom stereocenters. The van der Waals surface area contributed by atoms with E-state index in [1.807, 2.05) is 0 Å². The van der Waals surface area contributed by atoms with E-state index >= 15 is 0 Å². The van der Waals surface area contributed by atoms with Crippen LogP contribution in [0.4, 0.5) is 4.79 Å². The topological polar surface area (TPSA) is 103 Å². The minimum absolute atomic E-state index is 0.0171. The summed E-state index contributed by atoms with van der Waals surface area (Å²) in [5, 5.41) is 4.53. The molecule has 1 fully saturated rings. The van der Waals surface area contributed by atoms with Gasteiger partial charge in [0, 0.05) is 12.0 Å². The third-order valence-corrected chi connectivity index (χ3v) is 4.32. The van der Waals surface area contributed by atoms with Crippen molar-refractivity contribution in [2.75, 3.05) is 14.2 Å². The number of esters is 1. The van der Waals surface area contributed by atoms with Crippen LogP contribution in [-0.4, -0.2) is 38.2 Å². The second-order valence-electron chi connectivity index (χ2n) is 4.99. The Morgan fingerprint density at radius 3 is 2.58 bits per heavy atom. The Bertz CT molecular complexity index is 664. The van der Waals surface area contributed by atoms with Gasteiger partial charge in [0.05, 0.1) is 18.7 Å². The molecule has 9 heteroatoms. The van der Waals surface area contributed by atoms with Gasteiger partial charge in [-0.25, -0.2) is 4.79 Å². The van der Waals surface area contributed by atoms with Crippen LogP contribution in [0.5, 0.6) is 11.5 Å². The molecule has 130 valence electrons. The molecule has 0 aliphatic carbocycles. The first-order valence-electron chi connectivity index (χ1n) is 7.12. The Morgan fingerprint density at radius 2 is 2.00 bits per heavy atom. The summed E-state index contributed by atoms with van der Waals surface area (Å²) in [6.07, 6.45) is 0.201. The lowest BCUT2D eigenvalue weighted by atomic mass is 10.1. The lowest BCUT2D eigenvalue weighted by Crippen LogP contribution is -2.29. The average molecular weight is 401 g/mol. The average Bonchev–Trinajstić information content (AvgIpc) is 2.88. The van der Waals surface area contributed by atoms with Crippen LogP contribution in [0.1, 0.15) is 18.4 Å². The number of urea groups is 1. The molecule has 0 unspecified atom stereocenters. The minimum atomic E-state index is -0.696. The molecule has 0 radical (unpaired) electrons. The van der Waals surface area contributed by atoms with Crippen LogP contribution in [0.2, 0.25) is 0 Å². The summed E-state index contributed by atoms with van der Waals surface area (Å²) in [7, 11) is 3.04. The fraction of sp³-hybridized carbons (Fsp3) is 0.400. The van der Waals surface area contributed by atoms with E-state index in [-0.39, 0.29) is 19.4 Å². The van der Waals surface area contributed by atoms with E-state index in [9.17, 15) is 14.4 Å². The van der Waals surface area contributed by atoms with Crippen molar-refractivity contribution in [1.82, 2.24) is 10.6 Å². The lowest BCUT2D eigenvalue weighted by molar-refractivity contribution is -0.145. The molecule has 8 nitrogen and oxygen atoms in total. The standard InChI is InChI=1S/C15H17BrN2O6/c1-22-10-5-3-8(12(16)13(10)23-2)7-24-11(19)6-4-9-14(20)18-15(21)17-9/h3,5,9H,4,6-7H2,1-2H3,(H2,17,18,20,21)/t9-/m1/s1. The summed E-state index contributed by atoms with van der Waals surface area (Å²) >= 11 is 3.39. The van der Waals surface area contributed by atoms with Gasteiger partial charge in [-0.1, -0.05) is 6.07 Å². The van der Waals surface area contributed by atoms with Gasteiger partial charge < -0.3 is 19.5 Å². The van der Waals surface area contributed by atoms with E-state index in [0.717, 1.165) is 0 Å². The molecular weight excluding hydrogens is 384 g/mol. The number of halogens is 1. The fourth-order valence-corrected chi connectivity index (χ4v) is 2.80. The molecule has 1 aromatic carbocycles. The molecule has 1 aromatic rings. The van der Waals surface area contributed by atoms with E-state index in [4.69, 9.17) is 14.2 Å². The summed E-state index contributed by atoms with van der Waals surface area (Å²) in [5.74, 6) is 0.167. The van der Waals surface area contributed by atoms with Gasteiger partial charge in [0.25, 0.3) is 5.91 Å². The maximum absolute atomic E-state index is 11.8. The first-order valence-corrected chi connectivity index (χ1v) is 7.92. The van der Waals surface area contributed by atoms with E-state index < -0.39 is 23.9 Å². The van der Waals surface area contributed by atoms with Gasteiger partial charge >= 0.3 is 12.0 Å². The Labute approximate surface area is 147 Å². The molecule has 1 aliphatic heterocycles. The summed E-state index contributed by atoms with van der Waals surface area (Å²) < 4.78 is 16.3. The highest BCUT2D eigenvalue weighted by Gasteiger charge is 2.29. The quantitative estimate of drug-likeness (QED) is 0.530. The first kappa shape index (κ1) is 18.1. The van der Waals surface area contributed by atoms with Crippen LogP contribution >= 0.6 is 15.9 Å². The van der Waals surface area contributed by atoms with Crippen LogP contribution < -0.4 is 20.1 Å². The van der Waals surface area contributed by atoms with Crippen LogP contribution in [0.3, 0.4) is 0 Å². The molecule has 0 saturated carbocycles. The second kappa shape index (κ2) is 8.00. The fourth-order valence-electron chi connectivity index (χ4n) is 2.20. The van der Waals surface area contributed by atoms with Gasteiger partial charge in [-0.2, -0.15) is 0 Å². The molecule has 0 spiro atoms. The largest absolute Gasteiger partial charge is 0.493 e. The van der Waals surface area contributed by atoms with Gasteiger partial charge in [-0.05, 0) is 28.4 Å². The SMILES string of the molecule is COc1ccc(COC(=O)CC[C@H]2NC(=O)NC2=O)c(Br)c1OC. The molecule has 1 heterocycles. The van der Waals surface area contributed by atoms with Gasteiger partial charge in [-0.3, -0.25) is 14.9 Å². The zero-order valence-corrected chi connectivity index (χ0v) is 14.8. The summed E-state index contributed by atoms with van der Waals surface area (Å²) in [4.78, 5) is 34.2. The number of hydrogen-bond donors (Lipinski definition) is 2. The zero-order valence-electron chi connectivity index (χ0n) is 13.2. The maximum Gasteiger partial charge on any atom is 0.322 e. The summed E-state index contributed by atoms with van der Waals surface area (Å²) in [6, 6.07) is 2.22. The van der Waals surface area contributed by atoms with Gasteiger partial charge in [0.2, 0.25) is 0 Å². The third kappa shape index (κ3) is 4.16. The molecule has 24 heavy (non-hydrogen) atoms. The van der Waals surface area contributed by atoms with Crippen LogP contribution in [0.15, 0.2) is 16.6 Å². The maximum atomic E-state index is 11.8. The Balaban J connectivity index is 1.88. The number of carbonyl (C=O) groups excluding carboxylic acids is 3. The van der Waals surface area contributed by atoms with Crippen molar-refractivity contribution in [2.24, 2.45) is 0 Å². The van der Waals surface area contributed by atoms with E-state index in [1.54, 1.807) is 12.1 Å². The number of benzene rings is 1. The number of carbonyl (C=O) groups is 3. The van der Waals surface area contributed by atoms with Gasteiger partial charge in [0.1, 0.15) is 12.6 Å². The molecule has 1 saturated heterocycles. The molecule has 2 N–H and O–H groups in total. The van der Waals surface area contributed by atoms with Crippen molar-refractivity contribution in [3.8, 4) is 11.5 Å². The minimum Gasteiger partial charge on any atom is -0.493 e. The van der Waals surface area contributed by atoms with Gasteiger partial charge in [-0.15, -0.1) is 0 Å². The number of methoxy groups -OCH3 is 2. The van der Waals surface area contributed by atoms with Crippen molar-refractivity contribution < 1.29 is 28.6 Å². The molecule has 3 amide bonds. The van der Waals surface area contributed by atoms with Crippen molar-refractivity contribution in [2.45, 2.75) is 25.5 Å². The number of amides is 3. The monoisotopic (exact) mass is 400 g/mol. The Kier molecular flexibility index (Phi) is 6.02. The van der Waals surface area contributed by atoms with E-state index in [1.165, 1.54) is 14.2 Å². The van der Waals surface area contributed by atoms with Crippen LogP contribution in [-0.2, 0) is 20.9 Å². The predicted molar refractivity (Wildman–Crippen MR) is 86.7 cm³/mol. The van der Waals surface area contributed by atoms with Crippen molar-refractivity contribution in [3.05, 3.63) is 22.2 Å². The highest BCUT2D eigenvalue weighted by Crippen LogP contribution is 2.37. The smallest absolute Gasteiger partial charge is 0.322 e.